The molecule has 1 aromatic heterocycles. The van der Waals surface area contributed by atoms with Gasteiger partial charge in [0.1, 0.15) is 11.6 Å². The lowest BCUT2D eigenvalue weighted by molar-refractivity contribution is 0.408. The molecule has 4 nitrogen and oxygen atoms in total. The van der Waals surface area contributed by atoms with Gasteiger partial charge in [-0.2, -0.15) is 0 Å². The van der Waals surface area contributed by atoms with Gasteiger partial charge in [0.25, 0.3) is 0 Å². The van der Waals surface area contributed by atoms with Crippen LogP contribution >= 0.6 is 23.2 Å². The molecule has 0 amide bonds. The van der Waals surface area contributed by atoms with Crippen LogP contribution in [0.3, 0.4) is 0 Å². The van der Waals surface area contributed by atoms with Crippen molar-refractivity contribution in [2.45, 2.75) is 25.3 Å². The molecule has 1 aliphatic rings. The monoisotopic (exact) mass is 297 g/mol. The minimum atomic E-state index is 0.392. The summed E-state index contributed by atoms with van der Waals surface area (Å²) in [5, 5.41) is 9.16. The van der Waals surface area contributed by atoms with Crippen LogP contribution in [0.15, 0.2) is 18.2 Å². The lowest BCUT2D eigenvalue weighted by Gasteiger charge is -2.12. The number of rotatable bonds is 4. The fraction of sp³-hybridized carbons (Fsp3) is 0.385. The van der Waals surface area contributed by atoms with E-state index in [4.69, 9.17) is 27.9 Å². The maximum Gasteiger partial charge on any atom is 0.225 e. The van der Waals surface area contributed by atoms with E-state index in [1.165, 1.54) is 0 Å². The highest BCUT2D eigenvalue weighted by molar-refractivity contribution is 6.31. The van der Waals surface area contributed by atoms with Crippen LogP contribution < -0.4 is 4.74 Å². The fourth-order valence-electron chi connectivity index (χ4n) is 2.13. The molecule has 1 saturated carbocycles. The number of halogens is 2. The summed E-state index contributed by atoms with van der Waals surface area (Å²) >= 11 is 12.4. The molecular weight excluding hydrogens is 285 g/mol. The number of hydrogen-bond acceptors (Lipinski definition) is 3. The first-order valence-electron chi connectivity index (χ1n) is 6.10. The summed E-state index contributed by atoms with van der Waals surface area (Å²) in [5.41, 5.74) is 0.898. The number of methoxy groups -OCH3 is 1. The standard InChI is InChI=1S/C13H13Cl2N3O/c1-19-11-4-2-3-10(14)9(11)7-18-12(8-5-6-8)16-17-13(18)15/h2-4,8H,5-7H2,1H3. The van der Waals surface area contributed by atoms with Gasteiger partial charge in [0.2, 0.25) is 5.28 Å². The first-order chi connectivity index (χ1) is 9.20. The van der Waals surface area contributed by atoms with Crippen molar-refractivity contribution in [3.05, 3.63) is 39.9 Å². The second-order valence-corrected chi connectivity index (χ2v) is 5.35. The minimum Gasteiger partial charge on any atom is -0.496 e. The maximum atomic E-state index is 6.25. The Balaban J connectivity index is 1.99. The van der Waals surface area contributed by atoms with Crippen molar-refractivity contribution in [1.82, 2.24) is 14.8 Å². The average Bonchev–Trinajstić information content (AvgIpc) is 3.18. The van der Waals surface area contributed by atoms with Crippen LogP contribution in [0.5, 0.6) is 5.75 Å². The van der Waals surface area contributed by atoms with Gasteiger partial charge in [-0.05, 0) is 36.6 Å². The lowest BCUT2D eigenvalue weighted by atomic mass is 10.2. The summed E-state index contributed by atoms with van der Waals surface area (Å²) in [5.74, 6) is 2.17. The van der Waals surface area contributed by atoms with Gasteiger partial charge in [0.15, 0.2) is 0 Å². The molecule has 3 rings (SSSR count). The van der Waals surface area contributed by atoms with Crippen molar-refractivity contribution in [2.24, 2.45) is 0 Å². The average molecular weight is 298 g/mol. The molecule has 6 heteroatoms. The van der Waals surface area contributed by atoms with Crippen LogP contribution in [0, 0.1) is 0 Å². The molecule has 0 saturated heterocycles. The highest BCUT2D eigenvalue weighted by Crippen LogP contribution is 2.40. The van der Waals surface area contributed by atoms with E-state index in [1.807, 2.05) is 22.8 Å². The predicted octanol–water partition coefficient (Wildman–Crippen LogP) is 3.52. The molecule has 2 aromatic rings. The molecule has 0 unspecified atom stereocenters. The summed E-state index contributed by atoms with van der Waals surface area (Å²) in [6.07, 6.45) is 2.29. The van der Waals surface area contributed by atoms with Crippen molar-refractivity contribution < 1.29 is 4.74 Å². The number of hydrogen-bond donors (Lipinski definition) is 0. The largest absolute Gasteiger partial charge is 0.496 e. The fourth-order valence-corrected chi connectivity index (χ4v) is 2.54. The van der Waals surface area contributed by atoms with Crippen LogP contribution in [-0.4, -0.2) is 21.9 Å². The Morgan fingerprint density at radius 2 is 2.11 bits per heavy atom. The van der Waals surface area contributed by atoms with Crippen molar-refractivity contribution in [2.75, 3.05) is 7.11 Å². The smallest absolute Gasteiger partial charge is 0.225 e. The maximum absolute atomic E-state index is 6.25. The van der Waals surface area contributed by atoms with E-state index in [0.29, 0.717) is 22.8 Å². The second-order valence-electron chi connectivity index (χ2n) is 4.61. The third-order valence-corrected chi connectivity index (χ3v) is 3.92. The Bertz CT molecular complexity index is 608. The Hall–Kier alpha value is -1.26. The van der Waals surface area contributed by atoms with Gasteiger partial charge in [-0.1, -0.05) is 17.7 Å². The predicted molar refractivity (Wildman–Crippen MR) is 74.1 cm³/mol. The summed E-state index contributed by atoms with van der Waals surface area (Å²) in [6, 6.07) is 5.59. The van der Waals surface area contributed by atoms with Gasteiger partial charge in [-0.15, -0.1) is 10.2 Å². The van der Waals surface area contributed by atoms with Crippen molar-refractivity contribution in [3.8, 4) is 5.75 Å². The zero-order valence-corrected chi connectivity index (χ0v) is 11.9. The molecule has 0 radical (unpaired) electrons. The summed E-state index contributed by atoms with van der Waals surface area (Å²) in [6.45, 7) is 0.528. The van der Waals surface area contributed by atoms with Gasteiger partial charge in [0.05, 0.1) is 13.7 Å². The normalized spacial score (nSPS) is 14.7. The Morgan fingerprint density at radius 1 is 1.32 bits per heavy atom. The van der Waals surface area contributed by atoms with Gasteiger partial charge in [-0.3, -0.25) is 4.57 Å². The molecule has 0 aliphatic heterocycles. The summed E-state index contributed by atoms with van der Waals surface area (Å²) in [7, 11) is 1.63. The van der Waals surface area contributed by atoms with Crippen molar-refractivity contribution in [3.63, 3.8) is 0 Å². The van der Waals surface area contributed by atoms with E-state index in [9.17, 15) is 0 Å². The quantitative estimate of drug-likeness (QED) is 0.867. The van der Waals surface area contributed by atoms with Crippen LogP contribution in [0.25, 0.3) is 0 Å². The third kappa shape index (κ3) is 2.42. The Kier molecular flexibility index (Phi) is 3.37. The Morgan fingerprint density at radius 3 is 2.79 bits per heavy atom. The number of benzene rings is 1. The molecule has 0 atom stereocenters. The van der Waals surface area contributed by atoms with Crippen LogP contribution in [0.4, 0.5) is 0 Å². The molecular formula is C13H13Cl2N3O. The van der Waals surface area contributed by atoms with Crippen LogP contribution in [-0.2, 0) is 6.54 Å². The lowest BCUT2D eigenvalue weighted by Crippen LogP contribution is -2.06. The highest BCUT2D eigenvalue weighted by atomic mass is 35.5. The molecule has 19 heavy (non-hydrogen) atoms. The first-order valence-corrected chi connectivity index (χ1v) is 6.86. The molecule has 0 bridgehead atoms. The topological polar surface area (TPSA) is 39.9 Å². The van der Waals surface area contributed by atoms with E-state index in [1.54, 1.807) is 7.11 Å². The van der Waals surface area contributed by atoms with Gasteiger partial charge < -0.3 is 4.74 Å². The number of ether oxygens (including phenoxy) is 1. The van der Waals surface area contributed by atoms with E-state index in [0.717, 1.165) is 30.0 Å². The second kappa shape index (κ2) is 5.02. The molecule has 1 aliphatic carbocycles. The highest BCUT2D eigenvalue weighted by Gasteiger charge is 2.30. The molecule has 1 fully saturated rings. The summed E-state index contributed by atoms with van der Waals surface area (Å²) in [4.78, 5) is 0. The van der Waals surface area contributed by atoms with Crippen molar-refractivity contribution >= 4 is 23.2 Å². The number of aromatic nitrogens is 3. The van der Waals surface area contributed by atoms with Crippen LogP contribution in [0.2, 0.25) is 10.3 Å². The molecule has 1 heterocycles. The molecule has 0 spiro atoms. The van der Waals surface area contributed by atoms with E-state index >= 15 is 0 Å². The third-order valence-electron chi connectivity index (χ3n) is 3.29. The zero-order chi connectivity index (χ0) is 13.4. The van der Waals surface area contributed by atoms with E-state index < -0.39 is 0 Å². The van der Waals surface area contributed by atoms with E-state index in [2.05, 4.69) is 10.2 Å². The SMILES string of the molecule is COc1cccc(Cl)c1Cn1c(Cl)nnc1C1CC1. The molecule has 100 valence electrons. The molecule has 1 aromatic carbocycles. The summed E-state index contributed by atoms with van der Waals surface area (Å²) < 4.78 is 7.25. The number of nitrogens with zero attached hydrogens (tertiary/aromatic N) is 3. The first kappa shape index (κ1) is 12.8. The van der Waals surface area contributed by atoms with E-state index in [-0.39, 0.29) is 0 Å². The van der Waals surface area contributed by atoms with Gasteiger partial charge in [0, 0.05) is 16.5 Å². The van der Waals surface area contributed by atoms with Gasteiger partial charge in [-0.25, -0.2) is 0 Å². The van der Waals surface area contributed by atoms with Gasteiger partial charge >= 0.3 is 0 Å². The minimum absolute atomic E-state index is 0.392. The molecule has 0 N–H and O–H groups in total. The Labute approximate surface area is 121 Å². The zero-order valence-electron chi connectivity index (χ0n) is 10.4. The van der Waals surface area contributed by atoms with Crippen molar-refractivity contribution in [1.29, 1.82) is 0 Å². The van der Waals surface area contributed by atoms with Crippen LogP contribution in [0.1, 0.15) is 30.1 Å².